The molecular weight excluding hydrogens is 318 g/mol. The van der Waals surface area contributed by atoms with Gasteiger partial charge < -0.3 is 9.64 Å². The van der Waals surface area contributed by atoms with Crippen molar-refractivity contribution in [1.82, 2.24) is 0 Å². The van der Waals surface area contributed by atoms with Crippen molar-refractivity contribution in [2.75, 3.05) is 26.2 Å². The number of piperidine rings is 1. The van der Waals surface area contributed by atoms with Crippen LogP contribution in [-0.4, -0.2) is 26.2 Å². The molecule has 0 aliphatic carbocycles. The van der Waals surface area contributed by atoms with Gasteiger partial charge in [0.2, 0.25) is 0 Å². The molecule has 0 radical (unpaired) electrons. The SMILES string of the molecule is c1ccc(CC2CC[NH+](CCOc3cccc4ccccc34)CC2)cc1. The van der Waals surface area contributed by atoms with Crippen molar-refractivity contribution >= 4 is 10.8 Å². The molecule has 1 aliphatic heterocycles. The summed E-state index contributed by atoms with van der Waals surface area (Å²) in [6, 6.07) is 25.7. The first-order chi connectivity index (χ1) is 12.9. The first-order valence-electron chi connectivity index (χ1n) is 9.86. The summed E-state index contributed by atoms with van der Waals surface area (Å²) < 4.78 is 6.12. The summed E-state index contributed by atoms with van der Waals surface area (Å²) in [5, 5.41) is 2.46. The van der Waals surface area contributed by atoms with E-state index in [2.05, 4.69) is 72.8 Å². The zero-order valence-electron chi connectivity index (χ0n) is 15.4. The lowest BCUT2D eigenvalue weighted by Crippen LogP contribution is -3.13. The molecule has 0 aromatic heterocycles. The quantitative estimate of drug-likeness (QED) is 0.717. The van der Waals surface area contributed by atoms with Crippen molar-refractivity contribution in [3.8, 4) is 5.75 Å². The van der Waals surface area contributed by atoms with Crippen LogP contribution >= 0.6 is 0 Å². The van der Waals surface area contributed by atoms with Crippen molar-refractivity contribution in [3.05, 3.63) is 78.4 Å². The molecule has 0 spiro atoms. The first kappa shape index (κ1) is 17.1. The Morgan fingerprint density at radius 3 is 2.38 bits per heavy atom. The summed E-state index contributed by atoms with van der Waals surface area (Å²) >= 11 is 0. The topological polar surface area (TPSA) is 13.7 Å². The molecule has 3 aromatic carbocycles. The third-order valence-electron chi connectivity index (χ3n) is 5.64. The maximum Gasteiger partial charge on any atom is 0.137 e. The van der Waals surface area contributed by atoms with Crippen molar-refractivity contribution in [1.29, 1.82) is 0 Å². The summed E-state index contributed by atoms with van der Waals surface area (Å²) in [4.78, 5) is 1.69. The van der Waals surface area contributed by atoms with Gasteiger partial charge in [0.1, 0.15) is 18.9 Å². The average molecular weight is 346 g/mol. The number of likely N-dealkylation sites (tertiary alicyclic amines) is 1. The van der Waals surface area contributed by atoms with E-state index in [0.29, 0.717) is 0 Å². The van der Waals surface area contributed by atoms with Crippen molar-refractivity contribution < 1.29 is 9.64 Å². The maximum atomic E-state index is 6.12. The Bertz CT molecular complexity index is 816. The Morgan fingerprint density at radius 2 is 1.54 bits per heavy atom. The van der Waals surface area contributed by atoms with E-state index in [1.54, 1.807) is 4.90 Å². The average Bonchev–Trinajstić information content (AvgIpc) is 2.70. The Balaban J connectivity index is 1.24. The maximum absolute atomic E-state index is 6.12. The molecule has 1 heterocycles. The number of benzene rings is 3. The second-order valence-corrected chi connectivity index (χ2v) is 7.46. The van der Waals surface area contributed by atoms with Gasteiger partial charge in [0.15, 0.2) is 0 Å². The van der Waals surface area contributed by atoms with Gasteiger partial charge in [0.25, 0.3) is 0 Å². The molecule has 1 aliphatic rings. The summed E-state index contributed by atoms with van der Waals surface area (Å²) in [6.45, 7) is 4.45. The standard InChI is InChI=1S/C24H27NO/c1-2-7-20(8-3-1)19-21-13-15-25(16-14-21)17-18-26-24-12-6-10-22-9-4-5-11-23(22)24/h1-12,21H,13-19H2/p+1. The van der Waals surface area contributed by atoms with Crippen LogP contribution < -0.4 is 9.64 Å². The summed E-state index contributed by atoms with van der Waals surface area (Å²) in [5.41, 5.74) is 1.49. The lowest BCUT2D eigenvalue weighted by molar-refractivity contribution is -0.906. The lowest BCUT2D eigenvalue weighted by Gasteiger charge is -2.29. The van der Waals surface area contributed by atoms with Gasteiger partial charge in [-0.05, 0) is 42.2 Å². The molecule has 1 N–H and O–H groups in total. The highest BCUT2D eigenvalue weighted by molar-refractivity contribution is 5.88. The molecular formula is C24H28NO+. The van der Waals surface area contributed by atoms with Crippen LogP contribution in [0, 0.1) is 5.92 Å². The lowest BCUT2D eigenvalue weighted by atomic mass is 9.90. The Morgan fingerprint density at radius 1 is 0.808 bits per heavy atom. The minimum Gasteiger partial charge on any atom is -0.487 e. The molecule has 1 fully saturated rings. The van der Waals surface area contributed by atoms with Crippen LogP contribution in [-0.2, 0) is 6.42 Å². The Kier molecular flexibility index (Phi) is 5.51. The number of hydrogen-bond donors (Lipinski definition) is 1. The molecule has 26 heavy (non-hydrogen) atoms. The van der Waals surface area contributed by atoms with E-state index in [9.17, 15) is 0 Å². The minimum atomic E-state index is 0.798. The van der Waals surface area contributed by atoms with Gasteiger partial charge in [-0.25, -0.2) is 0 Å². The monoisotopic (exact) mass is 346 g/mol. The van der Waals surface area contributed by atoms with E-state index in [0.717, 1.165) is 24.8 Å². The molecule has 0 amide bonds. The molecule has 2 heteroatoms. The van der Waals surface area contributed by atoms with Crippen molar-refractivity contribution in [3.63, 3.8) is 0 Å². The number of ether oxygens (including phenoxy) is 1. The van der Waals surface area contributed by atoms with Crippen LogP contribution in [0.2, 0.25) is 0 Å². The molecule has 4 rings (SSSR count). The fraction of sp³-hybridized carbons (Fsp3) is 0.333. The summed E-state index contributed by atoms with van der Waals surface area (Å²) in [5.74, 6) is 1.86. The molecule has 3 aromatic rings. The molecule has 2 nitrogen and oxygen atoms in total. The molecule has 0 unspecified atom stereocenters. The number of nitrogens with one attached hydrogen (secondary N) is 1. The summed E-state index contributed by atoms with van der Waals surface area (Å²) in [7, 11) is 0. The fourth-order valence-electron chi connectivity index (χ4n) is 4.11. The smallest absolute Gasteiger partial charge is 0.137 e. The van der Waals surface area contributed by atoms with Gasteiger partial charge in [0, 0.05) is 5.39 Å². The predicted molar refractivity (Wildman–Crippen MR) is 108 cm³/mol. The highest BCUT2D eigenvalue weighted by atomic mass is 16.5. The number of fused-ring (bicyclic) bond motifs is 1. The van der Waals surface area contributed by atoms with Gasteiger partial charge in [-0.2, -0.15) is 0 Å². The van der Waals surface area contributed by atoms with Crippen molar-refractivity contribution in [2.24, 2.45) is 5.92 Å². The zero-order chi connectivity index (χ0) is 17.6. The molecule has 0 atom stereocenters. The second kappa shape index (κ2) is 8.37. The first-order valence-corrected chi connectivity index (χ1v) is 9.86. The second-order valence-electron chi connectivity index (χ2n) is 7.46. The van der Waals surface area contributed by atoms with Crippen LogP contribution in [0.3, 0.4) is 0 Å². The normalized spacial score (nSPS) is 20.2. The molecule has 0 bridgehead atoms. The largest absolute Gasteiger partial charge is 0.487 e. The minimum absolute atomic E-state index is 0.798. The van der Waals surface area contributed by atoms with Crippen LogP contribution in [0.15, 0.2) is 72.8 Å². The van der Waals surface area contributed by atoms with Crippen molar-refractivity contribution in [2.45, 2.75) is 19.3 Å². The Labute approximate surface area is 156 Å². The van der Waals surface area contributed by atoms with E-state index >= 15 is 0 Å². The van der Waals surface area contributed by atoms with E-state index in [4.69, 9.17) is 4.74 Å². The van der Waals surface area contributed by atoms with E-state index < -0.39 is 0 Å². The summed E-state index contributed by atoms with van der Waals surface area (Å²) in [6.07, 6.45) is 3.90. The van der Waals surface area contributed by atoms with Gasteiger partial charge >= 0.3 is 0 Å². The highest BCUT2D eigenvalue weighted by Crippen LogP contribution is 2.24. The van der Waals surface area contributed by atoms with Gasteiger partial charge in [-0.3, -0.25) is 0 Å². The predicted octanol–water partition coefficient (Wildman–Crippen LogP) is 3.76. The van der Waals surface area contributed by atoms with Gasteiger partial charge in [-0.15, -0.1) is 0 Å². The third-order valence-corrected chi connectivity index (χ3v) is 5.64. The Hall–Kier alpha value is -2.32. The van der Waals surface area contributed by atoms with Gasteiger partial charge in [-0.1, -0.05) is 66.7 Å². The van der Waals surface area contributed by atoms with E-state index in [1.165, 1.54) is 48.7 Å². The number of hydrogen-bond acceptors (Lipinski definition) is 1. The van der Waals surface area contributed by atoms with E-state index in [-0.39, 0.29) is 0 Å². The van der Waals surface area contributed by atoms with Crippen LogP contribution in [0.25, 0.3) is 10.8 Å². The molecule has 0 saturated carbocycles. The highest BCUT2D eigenvalue weighted by Gasteiger charge is 2.22. The fourth-order valence-corrected chi connectivity index (χ4v) is 4.11. The zero-order valence-corrected chi connectivity index (χ0v) is 15.4. The molecule has 1 saturated heterocycles. The number of quaternary nitrogens is 1. The number of rotatable bonds is 6. The van der Waals surface area contributed by atoms with E-state index in [1.807, 2.05) is 0 Å². The van der Waals surface area contributed by atoms with Crippen LogP contribution in [0.5, 0.6) is 5.75 Å². The van der Waals surface area contributed by atoms with Gasteiger partial charge in [0.05, 0.1) is 13.1 Å². The van der Waals surface area contributed by atoms with Crippen LogP contribution in [0.1, 0.15) is 18.4 Å². The van der Waals surface area contributed by atoms with Crippen LogP contribution in [0.4, 0.5) is 0 Å². The molecule has 134 valence electrons. The third kappa shape index (κ3) is 4.25.